The minimum absolute atomic E-state index is 0.0961. The van der Waals surface area contributed by atoms with Crippen molar-refractivity contribution in [3.05, 3.63) is 60.8 Å². The van der Waals surface area contributed by atoms with Crippen molar-refractivity contribution >= 4 is 17.9 Å². The zero-order valence-electron chi connectivity index (χ0n) is 44.4. The van der Waals surface area contributed by atoms with Crippen molar-refractivity contribution in [2.24, 2.45) is 0 Å². The van der Waals surface area contributed by atoms with E-state index in [4.69, 9.17) is 14.2 Å². The molecule has 0 bridgehead atoms. The van der Waals surface area contributed by atoms with Crippen LogP contribution in [0.2, 0.25) is 0 Å². The minimum atomic E-state index is -0.804. The zero-order valence-corrected chi connectivity index (χ0v) is 44.4. The molecule has 0 amide bonds. The first-order valence-electron chi connectivity index (χ1n) is 28.8. The number of hydrogen-bond donors (Lipinski definition) is 0. The molecule has 0 aromatic heterocycles. The van der Waals surface area contributed by atoms with Gasteiger partial charge in [-0.05, 0) is 77.0 Å². The molecular formula is C61H108O6. The Hall–Kier alpha value is -2.89. The molecule has 0 aromatic rings. The summed E-state index contributed by atoms with van der Waals surface area (Å²) in [6.45, 7) is 6.55. The standard InChI is InChI=1S/C61H108O6/c1-4-7-10-13-16-19-22-24-26-28-29-30-31-33-34-36-39-42-45-48-51-54-60(63)66-57-58(56-65-59(62)53-50-47-44-41-38-21-18-15-12-9-6-3)67-61(64)55-52-49-46-43-40-37-35-32-27-25-23-20-17-14-11-8-5-2/h15,17-18,20,25,27,35,37,43,46,58H,4-14,16,19,21-24,26,28-34,36,38-42,44-45,47-57H2,1-3H3/b18-15-,20-17-,27-25-,37-35-,46-43-/t58-/m1/s1. The predicted octanol–water partition coefficient (Wildman–Crippen LogP) is 19.2. The topological polar surface area (TPSA) is 78.9 Å². The Morgan fingerprint density at radius 3 is 0.970 bits per heavy atom. The van der Waals surface area contributed by atoms with Gasteiger partial charge in [-0.1, -0.05) is 255 Å². The highest BCUT2D eigenvalue weighted by atomic mass is 16.6. The average molecular weight is 938 g/mol. The van der Waals surface area contributed by atoms with Gasteiger partial charge in [0.25, 0.3) is 0 Å². The second kappa shape index (κ2) is 55.7. The van der Waals surface area contributed by atoms with E-state index < -0.39 is 6.10 Å². The monoisotopic (exact) mass is 937 g/mol. The first-order chi connectivity index (χ1) is 33.0. The minimum Gasteiger partial charge on any atom is -0.462 e. The van der Waals surface area contributed by atoms with E-state index in [-0.39, 0.29) is 37.5 Å². The average Bonchev–Trinajstić information content (AvgIpc) is 3.33. The molecule has 0 fully saturated rings. The van der Waals surface area contributed by atoms with Crippen LogP contribution in [0, 0.1) is 0 Å². The molecule has 0 spiro atoms. The second-order valence-electron chi connectivity index (χ2n) is 19.2. The lowest BCUT2D eigenvalue weighted by Crippen LogP contribution is -2.30. The number of allylic oxidation sites excluding steroid dienone is 10. The maximum absolute atomic E-state index is 12.8. The van der Waals surface area contributed by atoms with E-state index in [1.54, 1.807) is 0 Å². The third kappa shape index (κ3) is 53.9. The Morgan fingerprint density at radius 1 is 0.299 bits per heavy atom. The zero-order chi connectivity index (χ0) is 48.6. The summed E-state index contributed by atoms with van der Waals surface area (Å²) < 4.78 is 16.8. The molecular weight excluding hydrogens is 829 g/mol. The summed E-state index contributed by atoms with van der Waals surface area (Å²) in [5, 5.41) is 0. The molecule has 6 nitrogen and oxygen atoms in total. The first kappa shape index (κ1) is 64.1. The van der Waals surface area contributed by atoms with Crippen LogP contribution >= 0.6 is 0 Å². The predicted molar refractivity (Wildman–Crippen MR) is 288 cm³/mol. The summed E-state index contributed by atoms with van der Waals surface area (Å²) in [6, 6.07) is 0. The molecule has 388 valence electrons. The fourth-order valence-electron chi connectivity index (χ4n) is 8.12. The smallest absolute Gasteiger partial charge is 0.306 e. The van der Waals surface area contributed by atoms with Crippen molar-refractivity contribution in [2.75, 3.05) is 13.2 Å². The van der Waals surface area contributed by atoms with Crippen LogP contribution in [0.1, 0.15) is 290 Å². The van der Waals surface area contributed by atoms with Gasteiger partial charge in [-0.15, -0.1) is 0 Å². The highest BCUT2D eigenvalue weighted by Crippen LogP contribution is 2.16. The van der Waals surface area contributed by atoms with Gasteiger partial charge in [0, 0.05) is 19.3 Å². The van der Waals surface area contributed by atoms with Gasteiger partial charge in [0.05, 0.1) is 0 Å². The summed E-state index contributed by atoms with van der Waals surface area (Å²) in [5.41, 5.74) is 0. The molecule has 0 radical (unpaired) electrons. The third-order valence-corrected chi connectivity index (χ3v) is 12.5. The van der Waals surface area contributed by atoms with Crippen molar-refractivity contribution in [1.82, 2.24) is 0 Å². The van der Waals surface area contributed by atoms with E-state index in [9.17, 15) is 14.4 Å². The quantitative estimate of drug-likeness (QED) is 0.0262. The number of carbonyl (C=O) groups excluding carboxylic acids is 3. The van der Waals surface area contributed by atoms with Crippen LogP contribution in [0.3, 0.4) is 0 Å². The maximum atomic E-state index is 12.8. The maximum Gasteiger partial charge on any atom is 0.306 e. The van der Waals surface area contributed by atoms with Gasteiger partial charge in [-0.3, -0.25) is 14.4 Å². The van der Waals surface area contributed by atoms with Gasteiger partial charge in [-0.2, -0.15) is 0 Å². The van der Waals surface area contributed by atoms with Crippen LogP contribution in [-0.2, 0) is 28.6 Å². The lowest BCUT2D eigenvalue weighted by Gasteiger charge is -2.18. The molecule has 6 heteroatoms. The second-order valence-corrected chi connectivity index (χ2v) is 19.2. The van der Waals surface area contributed by atoms with Gasteiger partial charge >= 0.3 is 17.9 Å². The van der Waals surface area contributed by atoms with Gasteiger partial charge < -0.3 is 14.2 Å². The third-order valence-electron chi connectivity index (χ3n) is 12.5. The number of ether oxygens (including phenoxy) is 3. The van der Waals surface area contributed by atoms with Crippen LogP contribution in [0.15, 0.2) is 60.8 Å². The highest BCUT2D eigenvalue weighted by molar-refractivity contribution is 5.71. The SMILES string of the molecule is CCCC/C=C\CCCCCCCC(=O)OC[C@H](COC(=O)CCCCCCCCCCCCCCCCCCCCCCC)OC(=O)CCC/C=C\C/C=C\C/C=C\C/C=C\CCCCC. The number of carbonyl (C=O) groups is 3. The molecule has 0 unspecified atom stereocenters. The van der Waals surface area contributed by atoms with Crippen molar-refractivity contribution < 1.29 is 28.6 Å². The molecule has 0 aromatic carbocycles. The summed E-state index contributed by atoms with van der Waals surface area (Å²) in [5.74, 6) is -0.953. The molecule has 0 saturated carbocycles. The normalized spacial score (nSPS) is 12.5. The van der Waals surface area contributed by atoms with Crippen LogP contribution < -0.4 is 0 Å². The summed E-state index contributed by atoms with van der Waals surface area (Å²) in [6.07, 6.45) is 69.4. The highest BCUT2D eigenvalue weighted by Gasteiger charge is 2.19. The summed E-state index contributed by atoms with van der Waals surface area (Å²) in [7, 11) is 0. The van der Waals surface area contributed by atoms with Crippen molar-refractivity contribution in [1.29, 1.82) is 0 Å². The van der Waals surface area contributed by atoms with Crippen molar-refractivity contribution in [3.8, 4) is 0 Å². The molecule has 0 heterocycles. The summed E-state index contributed by atoms with van der Waals surface area (Å²) in [4.78, 5) is 38.1. The van der Waals surface area contributed by atoms with Gasteiger partial charge in [0.1, 0.15) is 13.2 Å². The molecule has 0 saturated heterocycles. The molecule has 1 atom stereocenters. The van der Waals surface area contributed by atoms with E-state index in [0.717, 1.165) is 70.6 Å². The van der Waals surface area contributed by atoms with Gasteiger partial charge in [0.15, 0.2) is 6.10 Å². The van der Waals surface area contributed by atoms with Gasteiger partial charge in [0.2, 0.25) is 0 Å². The molecule has 0 aliphatic rings. The van der Waals surface area contributed by atoms with E-state index >= 15 is 0 Å². The van der Waals surface area contributed by atoms with Crippen LogP contribution in [-0.4, -0.2) is 37.2 Å². The van der Waals surface area contributed by atoms with E-state index in [0.29, 0.717) is 19.3 Å². The van der Waals surface area contributed by atoms with E-state index in [1.807, 2.05) is 0 Å². The van der Waals surface area contributed by atoms with Crippen LogP contribution in [0.5, 0.6) is 0 Å². The van der Waals surface area contributed by atoms with Crippen molar-refractivity contribution in [3.63, 3.8) is 0 Å². The summed E-state index contributed by atoms with van der Waals surface area (Å²) >= 11 is 0. The fourth-order valence-corrected chi connectivity index (χ4v) is 8.12. The van der Waals surface area contributed by atoms with E-state index in [2.05, 4.69) is 81.5 Å². The Kier molecular flexibility index (Phi) is 53.3. The molecule has 67 heavy (non-hydrogen) atoms. The Morgan fingerprint density at radius 2 is 0.567 bits per heavy atom. The van der Waals surface area contributed by atoms with Crippen molar-refractivity contribution in [2.45, 2.75) is 297 Å². The fraction of sp³-hybridized carbons (Fsp3) is 0.787. The Balaban J connectivity index is 4.36. The number of esters is 3. The first-order valence-corrected chi connectivity index (χ1v) is 28.8. The molecule has 0 aliphatic heterocycles. The molecule has 0 rings (SSSR count). The van der Waals surface area contributed by atoms with Gasteiger partial charge in [-0.25, -0.2) is 0 Å². The number of rotatable bonds is 52. The van der Waals surface area contributed by atoms with Crippen LogP contribution in [0.4, 0.5) is 0 Å². The lowest BCUT2D eigenvalue weighted by molar-refractivity contribution is -0.167. The largest absolute Gasteiger partial charge is 0.462 e. The Labute approximate surface area is 415 Å². The van der Waals surface area contributed by atoms with Crippen LogP contribution in [0.25, 0.3) is 0 Å². The van der Waals surface area contributed by atoms with E-state index in [1.165, 1.54) is 173 Å². The molecule has 0 N–H and O–H groups in total. The lowest BCUT2D eigenvalue weighted by atomic mass is 10.0. The Bertz CT molecular complexity index is 1210. The number of hydrogen-bond acceptors (Lipinski definition) is 6. The number of unbranched alkanes of at least 4 members (excludes halogenated alkanes) is 31. The molecule has 0 aliphatic carbocycles.